The highest BCUT2D eigenvalue weighted by atomic mass is 19.4. The van der Waals surface area contributed by atoms with E-state index in [2.05, 4.69) is 0 Å². The number of benzene rings is 1. The van der Waals surface area contributed by atoms with Crippen LogP contribution in [0.2, 0.25) is 0 Å². The van der Waals surface area contributed by atoms with Crippen LogP contribution in [-0.4, -0.2) is 31.4 Å². The maximum absolute atomic E-state index is 12.6. The van der Waals surface area contributed by atoms with Crippen molar-refractivity contribution >= 4 is 17.4 Å². The van der Waals surface area contributed by atoms with E-state index in [9.17, 15) is 22.8 Å². The summed E-state index contributed by atoms with van der Waals surface area (Å²) in [7, 11) is 0. The number of ketones is 1. The van der Waals surface area contributed by atoms with Gasteiger partial charge in [-0.25, -0.2) is 0 Å². The van der Waals surface area contributed by atoms with E-state index in [4.69, 9.17) is 4.74 Å². The van der Waals surface area contributed by atoms with E-state index in [1.165, 1.54) is 11.0 Å². The van der Waals surface area contributed by atoms with E-state index in [1.54, 1.807) is 0 Å². The maximum atomic E-state index is 12.6. The summed E-state index contributed by atoms with van der Waals surface area (Å²) >= 11 is 0. The van der Waals surface area contributed by atoms with Crippen molar-refractivity contribution < 1.29 is 27.5 Å². The molecule has 0 radical (unpaired) electrons. The largest absolute Gasteiger partial charge is 0.416 e. The Morgan fingerprint density at radius 1 is 1.24 bits per heavy atom. The molecule has 7 heteroatoms. The van der Waals surface area contributed by atoms with Crippen LogP contribution in [0.25, 0.3) is 0 Å². The summed E-state index contributed by atoms with van der Waals surface area (Å²) < 4.78 is 43.1. The molecule has 4 nitrogen and oxygen atoms in total. The van der Waals surface area contributed by atoms with Gasteiger partial charge in [0.1, 0.15) is 0 Å². The molecule has 2 rings (SSSR count). The van der Waals surface area contributed by atoms with Gasteiger partial charge in [-0.15, -0.1) is 0 Å². The zero-order valence-electron chi connectivity index (χ0n) is 11.4. The fourth-order valence-electron chi connectivity index (χ4n) is 2.17. The first-order valence-corrected chi connectivity index (χ1v) is 6.51. The van der Waals surface area contributed by atoms with Gasteiger partial charge < -0.3 is 9.64 Å². The van der Waals surface area contributed by atoms with E-state index in [-0.39, 0.29) is 17.8 Å². The summed E-state index contributed by atoms with van der Waals surface area (Å²) in [5.74, 6) is -1.69. The predicted octanol–water partition coefficient (Wildman–Crippen LogP) is 2.66. The average Bonchev–Trinajstić information content (AvgIpc) is 2.67. The molecule has 21 heavy (non-hydrogen) atoms. The van der Waals surface area contributed by atoms with Gasteiger partial charge >= 0.3 is 6.18 Å². The summed E-state index contributed by atoms with van der Waals surface area (Å²) in [6.07, 6.45) is -4.03. The third kappa shape index (κ3) is 3.07. The Morgan fingerprint density at radius 3 is 2.57 bits per heavy atom. The van der Waals surface area contributed by atoms with Crippen LogP contribution in [0.5, 0.6) is 0 Å². The molecule has 0 spiro atoms. The monoisotopic (exact) mass is 301 g/mol. The van der Waals surface area contributed by atoms with E-state index in [0.717, 1.165) is 12.1 Å². The first kappa shape index (κ1) is 15.5. The quantitative estimate of drug-likeness (QED) is 0.620. The second kappa shape index (κ2) is 5.85. The number of anilines is 1. The van der Waals surface area contributed by atoms with Crippen molar-refractivity contribution in [3.63, 3.8) is 0 Å². The minimum absolute atomic E-state index is 0.189. The molecule has 1 aliphatic rings. The Labute approximate surface area is 119 Å². The number of amides is 1. The number of fused-ring (bicyclic) bond motifs is 1. The molecule has 1 aromatic rings. The molecule has 114 valence electrons. The van der Waals surface area contributed by atoms with Crippen molar-refractivity contribution in [3.05, 3.63) is 29.3 Å². The van der Waals surface area contributed by atoms with Crippen LogP contribution in [0, 0.1) is 0 Å². The third-order valence-corrected chi connectivity index (χ3v) is 3.17. The number of carbonyl (C=O) groups is 2. The van der Waals surface area contributed by atoms with Gasteiger partial charge in [0.15, 0.2) is 0 Å². The summed E-state index contributed by atoms with van der Waals surface area (Å²) in [4.78, 5) is 24.8. The highest BCUT2D eigenvalue weighted by molar-refractivity contribution is 6.52. The van der Waals surface area contributed by atoms with Gasteiger partial charge in [-0.05, 0) is 31.5 Å². The molecule has 0 aromatic heterocycles. The van der Waals surface area contributed by atoms with Crippen molar-refractivity contribution in [1.29, 1.82) is 0 Å². The number of nitrogens with zero attached hydrogens (tertiary/aromatic N) is 1. The Morgan fingerprint density at radius 2 is 1.95 bits per heavy atom. The van der Waals surface area contributed by atoms with Crippen molar-refractivity contribution in [1.82, 2.24) is 0 Å². The Kier molecular flexibility index (Phi) is 4.32. The summed E-state index contributed by atoms with van der Waals surface area (Å²) in [5.41, 5.74) is -0.890. The minimum atomic E-state index is -4.54. The Bertz CT molecular complexity index is 569. The lowest BCUT2D eigenvalue weighted by Crippen LogP contribution is -2.31. The number of ether oxygens (including phenoxy) is 1. The van der Waals surface area contributed by atoms with Crippen LogP contribution < -0.4 is 4.90 Å². The molecule has 0 aliphatic carbocycles. The van der Waals surface area contributed by atoms with E-state index >= 15 is 0 Å². The molecule has 1 aliphatic heterocycles. The molecule has 1 heterocycles. The zero-order valence-corrected chi connectivity index (χ0v) is 11.4. The molecular formula is C14H14F3NO3. The van der Waals surface area contributed by atoms with Gasteiger partial charge in [0, 0.05) is 19.8 Å². The molecule has 1 amide bonds. The van der Waals surface area contributed by atoms with Crippen molar-refractivity contribution in [3.8, 4) is 0 Å². The SMILES string of the molecule is CCOCCCN1C(=O)C(=O)c2cc(C(F)(F)F)ccc21. The zero-order chi connectivity index (χ0) is 15.6. The normalized spacial score (nSPS) is 14.8. The van der Waals surface area contributed by atoms with E-state index < -0.39 is 23.4 Å². The van der Waals surface area contributed by atoms with E-state index in [0.29, 0.717) is 19.6 Å². The number of carbonyl (C=O) groups excluding carboxylic acids is 2. The Balaban J connectivity index is 2.22. The molecule has 0 bridgehead atoms. The molecule has 0 N–H and O–H groups in total. The van der Waals surface area contributed by atoms with Crippen LogP contribution in [0.4, 0.5) is 18.9 Å². The molecule has 0 unspecified atom stereocenters. The van der Waals surface area contributed by atoms with Crippen molar-refractivity contribution in [2.75, 3.05) is 24.7 Å². The van der Waals surface area contributed by atoms with Gasteiger partial charge in [-0.3, -0.25) is 9.59 Å². The third-order valence-electron chi connectivity index (χ3n) is 3.17. The number of rotatable bonds is 5. The van der Waals surface area contributed by atoms with Gasteiger partial charge in [-0.1, -0.05) is 0 Å². The fraction of sp³-hybridized carbons (Fsp3) is 0.429. The van der Waals surface area contributed by atoms with E-state index in [1.807, 2.05) is 6.92 Å². The number of alkyl halides is 3. The molecule has 0 atom stereocenters. The number of Topliss-reactive ketones (excluding diaryl/α,β-unsaturated/α-hetero) is 1. The summed E-state index contributed by atoms with van der Waals surface area (Å²) in [6.45, 7) is 3.03. The lowest BCUT2D eigenvalue weighted by Gasteiger charge is -2.16. The minimum Gasteiger partial charge on any atom is -0.382 e. The molecule has 0 saturated carbocycles. The highest BCUT2D eigenvalue weighted by Gasteiger charge is 2.38. The topological polar surface area (TPSA) is 46.6 Å². The Hall–Kier alpha value is -1.89. The van der Waals surface area contributed by atoms with Crippen LogP contribution >= 0.6 is 0 Å². The maximum Gasteiger partial charge on any atom is 0.416 e. The lowest BCUT2D eigenvalue weighted by molar-refractivity contribution is -0.137. The van der Waals surface area contributed by atoms with Crippen LogP contribution in [0.1, 0.15) is 29.3 Å². The van der Waals surface area contributed by atoms with Gasteiger partial charge in [0.05, 0.1) is 16.8 Å². The predicted molar refractivity (Wildman–Crippen MR) is 69.2 cm³/mol. The average molecular weight is 301 g/mol. The van der Waals surface area contributed by atoms with Gasteiger partial charge in [0.2, 0.25) is 0 Å². The van der Waals surface area contributed by atoms with Crippen molar-refractivity contribution in [2.45, 2.75) is 19.5 Å². The van der Waals surface area contributed by atoms with Gasteiger partial charge in [0.25, 0.3) is 11.7 Å². The standard InChI is InChI=1S/C14H14F3NO3/c1-2-21-7-3-6-18-11-5-4-9(14(15,16)17)8-10(11)12(19)13(18)20/h4-5,8H,2-3,6-7H2,1H3. The summed E-state index contributed by atoms with van der Waals surface area (Å²) in [5, 5.41) is 0. The molecule has 1 aromatic carbocycles. The fourth-order valence-corrected chi connectivity index (χ4v) is 2.17. The summed E-state index contributed by atoms with van der Waals surface area (Å²) in [6, 6.07) is 2.78. The van der Waals surface area contributed by atoms with Gasteiger partial charge in [-0.2, -0.15) is 13.2 Å². The van der Waals surface area contributed by atoms with Crippen LogP contribution in [0.15, 0.2) is 18.2 Å². The number of halogens is 3. The highest BCUT2D eigenvalue weighted by Crippen LogP contribution is 2.36. The first-order chi connectivity index (χ1) is 9.86. The smallest absolute Gasteiger partial charge is 0.382 e. The number of hydrogen-bond donors (Lipinski definition) is 0. The number of hydrogen-bond acceptors (Lipinski definition) is 3. The van der Waals surface area contributed by atoms with Crippen LogP contribution in [-0.2, 0) is 15.7 Å². The van der Waals surface area contributed by atoms with Crippen LogP contribution in [0.3, 0.4) is 0 Å². The molecule has 0 fully saturated rings. The second-order valence-electron chi connectivity index (χ2n) is 4.57. The van der Waals surface area contributed by atoms with Crippen molar-refractivity contribution in [2.24, 2.45) is 0 Å². The molecule has 0 saturated heterocycles. The lowest BCUT2D eigenvalue weighted by atomic mass is 10.1. The second-order valence-corrected chi connectivity index (χ2v) is 4.57. The molecular weight excluding hydrogens is 287 g/mol. The first-order valence-electron chi connectivity index (χ1n) is 6.51.